The quantitative estimate of drug-likeness (QED) is 0.636. The molecule has 3 N–H and O–H groups in total. The number of aliphatic hydroxyl groups excluding tert-OH is 1. The van der Waals surface area contributed by atoms with Gasteiger partial charge in [0.2, 0.25) is 0 Å². The molecule has 0 aliphatic heterocycles. The van der Waals surface area contributed by atoms with Crippen molar-refractivity contribution in [1.82, 2.24) is 9.97 Å². The molecular weight excluding hydrogens is 381 g/mol. The normalized spacial score (nSPS) is 11.7. The lowest BCUT2D eigenvalue weighted by molar-refractivity contribution is 0.277. The van der Waals surface area contributed by atoms with Crippen LogP contribution in [0.5, 0.6) is 0 Å². The molecule has 3 aromatic rings. The smallest absolute Gasteiger partial charge is 0.0945 e. The number of hydrogen-bond acceptors (Lipinski definition) is 4. The number of nitrogens with zero attached hydrogens (tertiary/aromatic N) is 2. The summed E-state index contributed by atoms with van der Waals surface area (Å²) in [4.78, 5) is 9.36. The molecular formula is C21H21Cl2N3O. The molecule has 0 unspecified atom stereocenters. The first-order chi connectivity index (χ1) is 12.7. The van der Waals surface area contributed by atoms with Crippen molar-refractivity contribution in [1.29, 1.82) is 0 Å². The number of hydrogen-bond donors (Lipinski definition) is 2. The Morgan fingerprint density at radius 1 is 1.04 bits per heavy atom. The molecule has 4 nitrogen and oxygen atoms in total. The average molecular weight is 402 g/mol. The van der Waals surface area contributed by atoms with E-state index in [1.807, 2.05) is 57.2 Å². The van der Waals surface area contributed by atoms with Crippen LogP contribution in [0.3, 0.4) is 0 Å². The minimum Gasteiger partial charge on any atom is -0.390 e. The van der Waals surface area contributed by atoms with Crippen molar-refractivity contribution in [3.05, 3.63) is 69.5 Å². The molecule has 0 bridgehead atoms. The number of rotatable bonds is 4. The summed E-state index contributed by atoms with van der Waals surface area (Å²) in [5.74, 6) is 0. The topological polar surface area (TPSA) is 72.0 Å². The Kier molecular flexibility index (Phi) is 5.54. The molecule has 2 aromatic carbocycles. The zero-order valence-corrected chi connectivity index (χ0v) is 16.9. The first-order valence-corrected chi connectivity index (χ1v) is 9.30. The van der Waals surface area contributed by atoms with E-state index < -0.39 is 5.54 Å². The van der Waals surface area contributed by atoms with E-state index >= 15 is 0 Å². The molecule has 6 heteroatoms. The van der Waals surface area contributed by atoms with E-state index in [1.165, 1.54) is 0 Å². The van der Waals surface area contributed by atoms with E-state index in [1.54, 1.807) is 6.07 Å². The second-order valence-electron chi connectivity index (χ2n) is 7.01. The van der Waals surface area contributed by atoms with E-state index in [9.17, 15) is 5.11 Å². The highest BCUT2D eigenvalue weighted by atomic mass is 35.5. The highest BCUT2D eigenvalue weighted by Crippen LogP contribution is 2.35. The van der Waals surface area contributed by atoms with Gasteiger partial charge >= 0.3 is 0 Å². The summed E-state index contributed by atoms with van der Waals surface area (Å²) in [5.41, 5.74) is 10.7. The first-order valence-electron chi connectivity index (χ1n) is 8.55. The van der Waals surface area contributed by atoms with Crippen molar-refractivity contribution >= 4 is 23.2 Å². The van der Waals surface area contributed by atoms with Crippen LogP contribution in [0.4, 0.5) is 0 Å². The number of aliphatic hydroxyl groups is 1. The minimum atomic E-state index is -0.480. The van der Waals surface area contributed by atoms with Crippen molar-refractivity contribution < 1.29 is 5.11 Å². The predicted octanol–water partition coefficient (Wildman–Crippen LogP) is 5.11. The Bertz CT molecular complexity index is 997. The van der Waals surface area contributed by atoms with Crippen LogP contribution >= 0.6 is 23.2 Å². The average Bonchev–Trinajstić information content (AvgIpc) is 2.63. The summed E-state index contributed by atoms with van der Waals surface area (Å²) < 4.78 is 0. The SMILES string of the molecule is Cc1nc(-c2cccc(C(C)(C)N)c2)c(CO)nc1-c1cccc(Cl)c1Cl. The fraction of sp³-hybridized carbons (Fsp3) is 0.238. The molecule has 0 aliphatic rings. The molecule has 0 spiro atoms. The molecule has 3 rings (SSSR count). The van der Waals surface area contributed by atoms with Crippen molar-refractivity contribution in [2.75, 3.05) is 0 Å². The highest BCUT2D eigenvalue weighted by Gasteiger charge is 2.19. The lowest BCUT2D eigenvalue weighted by Gasteiger charge is -2.20. The van der Waals surface area contributed by atoms with Crippen molar-refractivity contribution in [3.63, 3.8) is 0 Å². The maximum Gasteiger partial charge on any atom is 0.0945 e. The minimum absolute atomic E-state index is 0.246. The van der Waals surface area contributed by atoms with Gasteiger partial charge in [0.25, 0.3) is 0 Å². The van der Waals surface area contributed by atoms with E-state index in [4.69, 9.17) is 33.9 Å². The Balaban J connectivity index is 2.18. The van der Waals surface area contributed by atoms with E-state index in [-0.39, 0.29) is 6.61 Å². The third-order valence-electron chi connectivity index (χ3n) is 4.38. The van der Waals surface area contributed by atoms with Gasteiger partial charge in [0.15, 0.2) is 0 Å². The molecule has 1 heterocycles. The molecule has 0 radical (unpaired) electrons. The van der Waals surface area contributed by atoms with E-state index in [0.717, 1.165) is 11.1 Å². The second kappa shape index (κ2) is 7.56. The highest BCUT2D eigenvalue weighted by molar-refractivity contribution is 6.43. The zero-order chi connectivity index (χ0) is 19.8. The molecule has 0 saturated carbocycles. The van der Waals surface area contributed by atoms with Crippen LogP contribution < -0.4 is 5.73 Å². The van der Waals surface area contributed by atoms with E-state index in [0.29, 0.717) is 38.4 Å². The maximum atomic E-state index is 9.91. The number of aryl methyl sites for hydroxylation is 1. The Morgan fingerprint density at radius 3 is 2.41 bits per heavy atom. The third-order valence-corrected chi connectivity index (χ3v) is 5.20. The number of halogens is 2. The lowest BCUT2D eigenvalue weighted by Crippen LogP contribution is -2.28. The molecule has 0 fully saturated rings. The van der Waals surface area contributed by atoms with Crippen LogP contribution in [0.25, 0.3) is 22.5 Å². The molecule has 1 aromatic heterocycles. The summed E-state index contributed by atoms with van der Waals surface area (Å²) in [6, 6.07) is 13.2. The molecule has 27 heavy (non-hydrogen) atoms. The van der Waals surface area contributed by atoms with Gasteiger partial charge in [-0.25, -0.2) is 9.97 Å². The van der Waals surface area contributed by atoms with Crippen LogP contribution in [0.2, 0.25) is 10.0 Å². The van der Waals surface area contributed by atoms with Gasteiger partial charge in [-0.15, -0.1) is 0 Å². The van der Waals surface area contributed by atoms with Gasteiger partial charge in [0, 0.05) is 16.7 Å². The van der Waals surface area contributed by atoms with Crippen LogP contribution in [0.1, 0.15) is 30.8 Å². The molecule has 0 aliphatic carbocycles. The second-order valence-corrected chi connectivity index (χ2v) is 7.80. The molecule has 0 atom stereocenters. The number of nitrogens with two attached hydrogens (primary N) is 1. The van der Waals surface area contributed by atoms with Crippen LogP contribution in [0.15, 0.2) is 42.5 Å². The fourth-order valence-electron chi connectivity index (χ4n) is 2.90. The number of benzene rings is 2. The lowest BCUT2D eigenvalue weighted by atomic mass is 9.93. The van der Waals surface area contributed by atoms with Gasteiger partial charge in [-0.1, -0.05) is 53.5 Å². The van der Waals surface area contributed by atoms with Gasteiger partial charge in [-0.3, -0.25) is 0 Å². The maximum absolute atomic E-state index is 9.91. The predicted molar refractivity (Wildman–Crippen MR) is 111 cm³/mol. The Morgan fingerprint density at radius 2 is 1.74 bits per heavy atom. The van der Waals surface area contributed by atoms with Gasteiger partial charge in [0.1, 0.15) is 0 Å². The fourth-order valence-corrected chi connectivity index (χ4v) is 3.29. The van der Waals surface area contributed by atoms with Gasteiger partial charge in [-0.2, -0.15) is 0 Å². The standard InChI is InChI=1S/C21H21Cl2N3O/c1-12-19(15-8-5-9-16(22)18(15)23)26-17(11-27)20(25-12)13-6-4-7-14(10-13)21(2,3)24/h4-10,27H,11,24H2,1-3H3. The largest absolute Gasteiger partial charge is 0.390 e. The Labute approximate surface area is 169 Å². The summed E-state index contributed by atoms with van der Waals surface area (Å²) in [6.45, 7) is 5.51. The van der Waals surface area contributed by atoms with Gasteiger partial charge in [0.05, 0.1) is 39.4 Å². The molecule has 140 valence electrons. The van der Waals surface area contributed by atoms with Crippen LogP contribution in [0, 0.1) is 6.92 Å². The zero-order valence-electron chi connectivity index (χ0n) is 15.4. The summed E-state index contributed by atoms with van der Waals surface area (Å²) in [7, 11) is 0. The van der Waals surface area contributed by atoms with Crippen molar-refractivity contribution in [2.24, 2.45) is 5.73 Å². The summed E-state index contributed by atoms with van der Waals surface area (Å²) >= 11 is 12.5. The monoisotopic (exact) mass is 401 g/mol. The van der Waals surface area contributed by atoms with Crippen LogP contribution in [-0.2, 0) is 12.1 Å². The van der Waals surface area contributed by atoms with Gasteiger partial charge < -0.3 is 10.8 Å². The Hall–Kier alpha value is -1.98. The van der Waals surface area contributed by atoms with Crippen molar-refractivity contribution in [3.8, 4) is 22.5 Å². The summed E-state index contributed by atoms with van der Waals surface area (Å²) in [5, 5.41) is 10.8. The van der Waals surface area contributed by atoms with Crippen molar-refractivity contribution in [2.45, 2.75) is 32.9 Å². The molecule has 0 saturated heterocycles. The molecule has 0 amide bonds. The van der Waals surface area contributed by atoms with E-state index in [2.05, 4.69) is 4.98 Å². The first kappa shape index (κ1) is 19.8. The number of aromatic nitrogens is 2. The third kappa shape index (κ3) is 3.99. The summed E-state index contributed by atoms with van der Waals surface area (Å²) in [6.07, 6.45) is 0. The van der Waals surface area contributed by atoms with Gasteiger partial charge in [-0.05, 0) is 38.5 Å². The van der Waals surface area contributed by atoms with Crippen LogP contribution in [-0.4, -0.2) is 15.1 Å².